The maximum Gasteiger partial charge on any atom is 0.432 e. The highest BCUT2D eigenvalue weighted by Crippen LogP contribution is 2.42. The van der Waals surface area contributed by atoms with Crippen LogP contribution in [0.25, 0.3) is 11.0 Å². The Labute approximate surface area is 140 Å². The van der Waals surface area contributed by atoms with E-state index in [4.69, 9.17) is 5.11 Å². The van der Waals surface area contributed by atoms with Gasteiger partial charge in [0, 0.05) is 29.9 Å². The molecule has 2 aromatic heterocycles. The molecule has 0 spiro atoms. The number of hydrogen-bond donors (Lipinski definition) is 2. The number of alkyl halides is 3. The van der Waals surface area contributed by atoms with Crippen LogP contribution in [0.1, 0.15) is 11.1 Å². The Bertz CT molecular complexity index is 922. The minimum absolute atomic E-state index is 0.0688. The maximum absolute atomic E-state index is 13.3. The lowest BCUT2D eigenvalue weighted by Gasteiger charge is -2.25. The first-order valence-electron chi connectivity index (χ1n) is 7.26. The van der Waals surface area contributed by atoms with E-state index in [1.165, 1.54) is 22.9 Å². The van der Waals surface area contributed by atoms with Gasteiger partial charge in [-0.25, -0.2) is 9.78 Å². The fourth-order valence-corrected chi connectivity index (χ4v) is 2.70. The molecule has 0 aliphatic rings. The molecule has 1 atom stereocenters. The van der Waals surface area contributed by atoms with E-state index in [9.17, 15) is 23.1 Å². The average molecular weight is 350 g/mol. The van der Waals surface area contributed by atoms with Crippen molar-refractivity contribution < 1.29 is 28.2 Å². The number of benzene rings is 1. The molecule has 130 valence electrons. The summed E-state index contributed by atoms with van der Waals surface area (Å²) in [4.78, 5) is 15.3. The van der Waals surface area contributed by atoms with Gasteiger partial charge in [-0.2, -0.15) is 13.2 Å². The molecule has 0 aliphatic heterocycles. The standard InChI is InChI=1S/C17H13F3N2O3/c18-17(19,20)16(25,15(23)24)13-10-22(9-11-5-2-1-3-6-11)14-12(13)7-4-8-21-14/h1-8,10,25H,9H2,(H,23,24). The van der Waals surface area contributed by atoms with Crippen LogP contribution in [0.5, 0.6) is 0 Å². The summed E-state index contributed by atoms with van der Waals surface area (Å²) in [6, 6.07) is 11.6. The van der Waals surface area contributed by atoms with Crippen molar-refractivity contribution in [1.29, 1.82) is 0 Å². The van der Waals surface area contributed by atoms with Crippen LogP contribution in [0, 0.1) is 0 Å². The minimum atomic E-state index is -5.39. The lowest BCUT2D eigenvalue weighted by Crippen LogP contribution is -2.49. The molecule has 8 heteroatoms. The third kappa shape index (κ3) is 2.74. The smallest absolute Gasteiger partial charge is 0.432 e. The summed E-state index contributed by atoms with van der Waals surface area (Å²) in [6.45, 7) is 0.182. The molecule has 0 radical (unpaired) electrons. The van der Waals surface area contributed by atoms with Gasteiger partial charge in [-0.1, -0.05) is 30.3 Å². The molecule has 0 saturated heterocycles. The number of carboxylic acid groups (broad SMARTS) is 1. The molecule has 2 N–H and O–H groups in total. The number of carbonyl (C=O) groups is 1. The van der Waals surface area contributed by atoms with Crippen molar-refractivity contribution >= 4 is 17.0 Å². The first-order valence-corrected chi connectivity index (χ1v) is 7.26. The van der Waals surface area contributed by atoms with Gasteiger partial charge in [0.15, 0.2) is 0 Å². The van der Waals surface area contributed by atoms with Crippen LogP contribution in [-0.2, 0) is 16.9 Å². The largest absolute Gasteiger partial charge is 0.479 e. The fraction of sp³-hybridized carbons (Fsp3) is 0.176. The van der Waals surface area contributed by atoms with E-state index in [0.29, 0.717) is 0 Å². The Kier molecular flexibility index (Phi) is 4.00. The molecule has 1 aromatic carbocycles. The van der Waals surface area contributed by atoms with E-state index < -0.39 is 23.3 Å². The lowest BCUT2D eigenvalue weighted by atomic mass is 9.93. The van der Waals surface area contributed by atoms with E-state index in [2.05, 4.69) is 4.98 Å². The minimum Gasteiger partial charge on any atom is -0.479 e. The number of halogens is 3. The Morgan fingerprint density at radius 1 is 1.12 bits per heavy atom. The van der Waals surface area contributed by atoms with E-state index in [1.807, 2.05) is 0 Å². The molecule has 0 amide bonds. The van der Waals surface area contributed by atoms with Crippen LogP contribution < -0.4 is 0 Å². The van der Waals surface area contributed by atoms with Crippen LogP contribution in [0.15, 0.2) is 54.9 Å². The molecule has 1 unspecified atom stereocenters. The Balaban J connectivity index is 2.22. The van der Waals surface area contributed by atoms with Crippen molar-refractivity contribution in [1.82, 2.24) is 9.55 Å². The number of rotatable bonds is 4. The summed E-state index contributed by atoms with van der Waals surface area (Å²) in [6.07, 6.45) is -3.01. The van der Waals surface area contributed by atoms with Gasteiger partial charge in [-0.05, 0) is 17.7 Å². The number of nitrogens with zero attached hydrogens (tertiary/aromatic N) is 2. The highest BCUT2D eigenvalue weighted by atomic mass is 19.4. The van der Waals surface area contributed by atoms with Crippen molar-refractivity contribution in [2.75, 3.05) is 0 Å². The number of aliphatic carboxylic acids is 1. The SMILES string of the molecule is O=C(O)C(O)(c1cn(Cc2ccccc2)c2ncccc12)C(F)(F)F. The maximum atomic E-state index is 13.3. The van der Waals surface area contributed by atoms with Crippen LogP contribution >= 0.6 is 0 Å². The van der Waals surface area contributed by atoms with Gasteiger partial charge in [0.1, 0.15) is 5.65 Å². The second kappa shape index (κ2) is 5.89. The molecule has 3 rings (SSSR count). The van der Waals surface area contributed by atoms with Gasteiger partial charge >= 0.3 is 12.1 Å². The molecule has 0 fully saturated rings. The quantitative estimate of drug-likeness (QED) is 0.759. The van der Waals surface area contributed by atoms with Gasteiger partial charge in [0.2, 0.25) is 0 Å². The predicted octanol–water partition coefficient (Wildman–Crippen LogP) is 2.92. The topological polar surface area (TPSA) is 75.3 Å². The normalized spacial score (nSPS) is 14.4. The van der Waals surface area contributed by atoms with Gasteiger partial charge < -0.3 is 14.8 Å². The van der Waals surface area contributed by atoms with Crippen molar-refractivity contribution in [3.63, 3.8) is 0 Å². The summed E-state index contributed by atoms with van der Waals surface area (Å²) in [5.74, 6) is -2.39. The second-order valence-corrected chi connectivity index (χ2v) is 5.54. The summed E-state index contributed by atoms with van der Waals surface area (Å²) in [7, 11) is 0. The Hall–Kier alpha value is -2.87. The number of fused-ring (bicyclic) bond motifs is 1. The Morgan fingerprint density at radius 2 is 1.80 bits per heavy atom. The molecular weight excluding hydrogens is 337 g/mol. The van der Waals surface area contributed by atoms with Crippen molar-refractivity contribution in [2.45, 2.75) is 18.3 Å². The Morgan fingerprint density at radius 3 is 2.40 bits per heavy atom. The summed E-state index contributed by atoms with van der Waals surface area (Å²) in [5.41, 5.74) is -3.82. The third-order valence-electron chi connectivity index (χ3n) is 3.94. The molecule has 0 bridgehead atoms. The van der Waals surface area contributed by atoms with Crippen molar-refractivity contribution in [3.05, 3.63) is 66.0 Å². The van der Waals surface area contributed by atoms with E-state index >= 15 is 0 Å². The number of pyridine rings is 1. The van der Waals surface area contributed by atoms with Gasteiger partial charge in [-0.15, -0.1) is 0 Å². The number of carboxylic acids is 1. The van der Waals surface area contributed by atoms with Crippen LogP contribution in [0.2, 0.25) is 0 Å². The van der Waals surface area contributed by atoms with Gasteiger partial charge in [0.05, 0.1) is 0 Å². The van der Waals surface area contributed by atoms with Gasteiger partial charge in [0.25, 0.3) is 5.60 Å². The highest BCUT2D eigenvalue weighted by molar-refractivity contribution is 5.90. The van der Waals surface area contributed by atoms with Crippen LogP contribution in [-0.4, -0.2) is 31.9 Å². The van der Waals surface area contributed by atoms with E-state index in [0.717, 1.165) is 11.8 Å². The van der Waals surface area contributed by atoms with Crippen molar-refractivity contribution in [2.24, 2.45) is 0 Å². The lowest BCUT2D eigenvalue weighted by molar-refractivity contribution is -0.265. The van der Waals surface area contributed by atoms with E-state index in [-0.39, 0.29) is 17.6 Å². The average Bonchev–Trinajstić information content (AvgIpc) is 2.93. The monoisotopic (exact) mass is 350 g/mol. The molecule has 0 aliphatic carbocycles. The van der Waals surface area contributed by atoms with Crippen molar-refractivity contribution in [3.8, 4) is 0 Å². The van der Waals surface area contributed by atoms with Gasteiger partial charge in [-0.3, -0.25) is 0 Å². The molecular formula is C17H13F3N2O3. The zero-order chi connectivity index (χ0) is 18.2. The molecule has 5 nitrogen and oxygen atoms in total. The second-order valence-electron chi connectivity index (χ2n) is 5.54. The zero-order valence-electron chi connectivity index (χ0n) is 12.7. The zero-order valence-corrected chi connectivity index (χ0v) is 12.7. The molecule has 2 heterocycles. The van der Waals surface area contributed by atoms with E-state index in [1.54, 1.807) is 30.3 Å². The fourth-order valence-electron chi connectivity index (χ4n) is 2.70. The first-order chi connectivity index (χ1) is 11.7. The predicted molar refractivity (Wildman–Crippen MR) is 82.9 cm³/mol. The van der Waals surface area contributed by atoms with Crippen LogP contribution in [0.4, 0.5) is 13.2 Å². The molecule has 3 aromatic rings. The third-order valence-corrected chi connectivity index (χ3v) is 3.94. The first kappa shape index (κ1) is 17.0. The van der Waals surface area contributed by atoms with Crippen LogP contribution in [0.3, 0.4) is 0 Å². The summed E-state index contributed by atoms with van der Waals surface area (Å²) in [5, 5.41) is 19.0. The molecule has 25 heavy (non-hydrogen) atoms. The number of aliphatic hydroxyl groups is 1. The number of aromatic nitrogens is 2. The summed E-state index contributed by atoms with van der Waals surface area (Å²) < 4.78 is 41.4. The molecule has 0 saturated carbocycles. The summed E-state index contributed by atoms with van der Waals surface area (Å²) >= 11 is 0. The highest BCUT2D eigenvalue weighted by Gasteiger charge is 2.62. The number of hydrogen-bond acceptors (Lipinski definition) is 3.